The third-order valence-electron chi connectivity index (χ3n) is 4.72. The van der Waals surface area contributed by atoms with Gasteiger partial charge in [0.1, 0.15) is 0 Å². The molecule has 0 aromatic heterocycles. The second-order valence-electron chi connectivity index (χ2n) is 6.48. The summed E-state index contributed by atoms with van der Waals surface area (Å²) in [5.74, 6) is 0.946. The topological polar surface area (TPSA) is 45.7 Å². The maximum absolute atomic E-state index is 5.87. The molecule has 0 saturated carbocycles. The first kappa shape index (κ1) is 20.0. The van der Waals surface area contributed by atoms with E-state index in [0.717, 1.165) is 18.9 Å². The molecule has 2 saturated heterocycles. The predicted molar refractivity (Wildman–Crippen MR) is 104 cm³/mol. The van der Waals surface area contributed by atoms with Gasteiger partial charge in [-0.05, 0) is 25.7 Å². The largest absolute Gasteiger partial charge is 0.373 e. The lowest BCUT2D eigenvalue weighted by atomic mass is 9.96. The van der Waals surface area contributed by atoms with E-state index < -0.39 is 0 Å². The zero-order chi connectivity index (χ0) is 14.9. The van der Waals surface area contributed by atoms with Crippen LogP contribution in [0.3, 0.4) is 0 Å². The van der Waals surface area contributed by atoms with E-state index in [1.165, 1.54) is 57.8 Å². The molecular weight excluding hydrogens is 389 g/mol. The molecule has 0 aliphatic carbocycles. The second kappa shape index (κ2) is 11.5. The summed E-state index contributed by atoms with van der Waals surface area (Å²) in [6.45, 7) is 3.29. The van der Waals surface area contributed by atoms with Gasteiger partial charge >= 0.3 is 0 Å². The SMILES string of the molecule is CCCCCCCCCNC(=NC)NC1CC2CCC1O2.I. The number of hydrogen-bond donors (Lipinski definition) is 2. The molecule has 0 aromatic rings. The summed E-state index contributed by atoms with van der Waals surface area (Å²) >= 11 is 0. The molecule has 4 nitrogen and oxygen atoms in total. The first-order chi connectivity index (χ1) is 10.3. The van der Waals surface area contributed by atoms with Gasteiger partial charge in [0, 0.05) is 13.6 Å². The molecular formula is C17H34IN3O. The third-order valence-corrected chi connectivity index (χ3v) is 4.72. The molecule has 0 amide bonds. The second-order valence-corrected chi connectivity index (χ2v) is 6.48. The average Bonchev–Trinajstić information content (AvgIpc) is 3.11. The minimum Gasteiger partial charge on any atom is -0.373 e. The van der Waals surface area contributed by atoms with Crippen LogP contribution in [0.1, 0.15) is 71.1 Å². The predicted octanol–water partition coefficient (Wildman–Crippen LogP) is 3.84. The highest BCUT2D eigenvalue weighted by Gasteiger charge is 2.40. The molecule has 2 N–H and O–H groups in total. The fourth-order valence-corrected chi connectivity index (χ4v) is 3.45. The maximum Gasteiger partial charge on any atom is 0.191 e. The first-order valence-electron chi connectivity index (χ1n) is 8.96. The number of nitrogens with zero attached hydrogens (tertiary/aromatic N) is 1. The van der Waals surface area contributed by atoms with Crippen molar-refractivity contribution >= 4 is 29.9 Å². The van der Waals surface area contributed by atoms with Gasteiger partial charge in [-0.15, -0.1) is 24.0 Å². The number of guanidine groups is 1. The van der Waals surface area contributed by atoms with E-state index in [0.29, 0.717) is 18.2 Å². The Labute approximate surface area is 153 Å². The normalized spacial score (nSPS) is 26.8. The van der Waals surface area contributed by atoms with Crippen LogP contribution < -0.4 is 10.6 Å². The van der Waals surface area contributed by atoms with Crippen LogP contribution in [0.15, 0.2) is 4.99 Å². The highest BCUT2D eigenvalue weighted by molar-refractivity contribution is 14.0. The van der Waals surface area contributed by atoms with E-state index >= 15 is 0 Å². The summed E-state index contributed by atoms with van der Waals surface area (Å²) in [6.07, 6.45) is 13.9. The van der Waals surface area contributed by atoms with Gasteiger partial charge in [-0.2, -0.15) is 0 Å². The Balaban J connectivity index is 0.00000242. The number of fused-ring (bicyclic) bond motifs is 2. The standard InChI is InChI=1S/C17H33N3O.HI/c1-3-4-5-6-7-8-9-12-19-17(18-2)20-15-13-14-10-11-16(15)21-14;/h14-16H,3-13H2,1-2H3,(H2,18,19,20);1H. The molecule has 2 heterocycles. The number of rotatable bonds is 9. The smallest absolute Gasteiger partial charge is 0.191 e. The number of unbranched alkanes of at least 4 members (excludes halogenated alkanes) is 6. The summed E-state index contributed by atoms with van der Waals surface area (Å²) in [4.78, 5) is 4.33. The van der Waals surface area contributed by atoms with Crippen LogP contribution in [0.2, 0.25) is 0 Å². The van der Waals surface area contributed by atoms with Crippen LogP contribution in [-0.4, -0.2) is 37.8 Å². The average molecular weight is 423 g/mol. The van der Waals surface area contributed by atoms with E-state index in [4.69, 9.17) is 4.74 Å². The third kappa shape index (κ3) is 6.60. The maximum atomic E-state index is 5.87. The van der Waals surface area contributed by atoms with Gasteiger partial charge in [-0.3, -0.25) is 4.99 Å². The van der Waals surface area contributed by atoms with E-state index in [-0.39, 0.29) is 24.0 Å². The van der Waals surface area contributed by atoms with Crippen LogP contribution in [0.4, 0.5) is 0 Å². The van der Waals surface area contributed by atoms with E-state index in [2.05, 4.69) is 22.5 Å². The van der Waals surface area contributed by atoms with Gasteiger partial charge in [0.2, 0.25) is 0 Å². The Morgan fingerprint density at radius 2 is 1.82 bits per heavy atom. The first-order valence-corrected chi connectivity index (χ1v) is 8.96. The Morgan fingerprint density at radius 3 is 2.41 bits per heavy atom. The van der Waals surface area contributed by atoms with Gasteiger partial charge in [0.15, 0.2) is 5.96 Å². The minimum atomic E-state index is 0. The molecule has 2 rings (SSSR count). The zero-order valence-corrected chi connectivity index (χ0v) is 16.6. The quantitative estimate of drug-likeness (QED) is 0.256. The minimum absolute atomic E-state index is 0. The van der Waals surface area contributed by atoms with Crippen LogP contribution in [0.25, 0.3) is 0 Å². The van der Waals surface area contributed by atoms with Crippen LogP contribution in [0.5, 0.6) is 0 Å². The molecule has 2 bridgehead atoms. The van der Waals surface area contributed by atoms with Crippen molar-refractivity contribution in [1.82, 2.24) is 10.6 Å². The molecule has 0 spiro atoms. The van der Waals surface area contributed by atoms with Crippen LogP contribution in [0, 0.1) is 0 Å². The van der Waals surface area contributed by atoms with Crippen molar-refractivity contribution in [2.75, 3.05) is 13.6 Å². The monoisotopic (exact) mass is 423 g/mol. The van der Waals surface area contributed by atoms with Crippen molar-refractivity contribution < 1.29 is 4.74 Å². The highest BCUT2D eigenvalue weighted by Crippen LogP contribution is 2.34. The summed E-state index contributed by atoms with van der Waals surface area (Å²) in [6, 6.07) is 0.462. The Morgan fingerprint density at radius 1 is 1.09 bits per heavy atom. The van der Waals surface area contributed by atoms with Crippen LogP contribution >= 0.6 is 24.0 Å². The van der Waals surface area contributed by atoms with E-state index in [1.54, 1.807) is 0 Å². The summed E-state index contributed by atoms with van der Waals surface area (Å²) in [5, 5.41) is 6.97. The summed E-state index contributed by atoms with van der Waals surface area (Å²) in [7, 11) is 1.86. The molecule has 2 aliphatic rings. The highest BCUT2D eigenvalue weighted by atomic mass is 127. The van der Waals surface area contributed by atoms with E-state index in [1.807, 2.05) is 7.05 Å². The van der Waals surface area contributed by atoms with Gasteiger partial charge in [-0.1, -0.05) is 45.4 Å². The molecule has 2 aliphatic heterocycles. The lowest BCUT2D eigenvalue weighted by molar-refractivity contribution is 0.0992. The van der Waals surface area contributed by atoms with Crippen molar-refractivity contribution in [3.05, 3.63) is 0 Å². The Kier molecular flexibility index (Phi) is 10.4. The summed E-state index contributed by atoms with van der Waals surface area (Å²) in [5.41, 5.74) is 0. The summed E-state index contributed by atoms with van der Waals surface area (Å²) < 4.78 is 5.87. The van der Waals surface area contributed by atoms with Gasteiger partial charge in [0.05, 0.1) is 18.2 Å². The van der Waals surface area contributed by atoms with E-state index in [9.17, 15) is 0 Å². The fourth-order valence-electron chi connectivity index (χ4n) is 3.45. The molecule has 0 aromatic carbocycles. The number of nitrogens with one attached hydrogen (secondary N) is 2. The number of aliphatic imine (C=N–C) groups is 1. The molecule has 2 fully saturated rings. The molecule has 22 heavy (non-hydrogen) atoms. The van der Waals surface area contributed by atoms with Crippen molar-refractivity contribution in [2.45, 2.75) is 89.4 Å². The van der Waals surface area contributed by atoms with Gasteiger partial charge in [0.25, 0.3) is 0 Å². The van der Waals surface area contributed by atoms with Gasteiger partial charge in [-0.25, -0.2) is 0 Å². The molecule has 130 valence electrons. The molecule has 3 unspecified atom stereocenters. The zero-order valence-electron chi connectivity index (χ0n) is 14.3. The lowest BCUT2D eigenvalue weighted by Gasteiger charge is -2.22. The number of hydrogen-bond acceptors (Lipinski definition) is 2. The van der Waals surface area contributed by atoms with Crippen molar-refractivity contribution in [1.29, 1.82) is 0 Å². The Bertz CT molecular complexity index is 325. The van der Waals surface area contributed by atoms with Crippen LogP contribution in [-0.2, 0) is 4.74 Å². The number of halogens is 1. The fraction of sp³-hybridized carbons (Fsp3) is 0.941. The molecule has 5 heteroatoms. The molecule has 3 atom stereocenters. The number of ether oxygens (including phenoxy) is 1. The van der Waals surface area contributed by atoms with Crippen molar-refractivity contribution in [2.24, 2.45) is 4.99 Å². The van der Waals surface area contributed by atoms with Crippen molar-refractivity contribution in [3.63, 3.8) is 0 Å². The van der Waals surface area contributed by atoms with Gasteiger partial charge < -0.3 is 15.4 Å². The Hall–Kier alpha value is -0.0400. The lowest BCUT2D eigenvalue weighted by Crippen LogP contribution is -2.47. The molecule has 0 radical (unpaired) electrons. The van der Waals surface area contributed by atoms with Crippen molar-refractivity contribution in [3.8, 4) is 0 Å².